The summed E-state index contributed by atoms with van der Waals surface area (Å²) in [6, 6.07) is 7.35. The lowest BCUT2D eigenvalue weighted by Crippen LogP contribution is -2.47. The molecule has 0 radical (unpaired) electrons. The van der Waals surface area contributed by atoms with Crippen molar-refractivity contribution < 1.29 is 9.59 Å². The molecule has 1 saturated carbocycles. The van der Waals surface area contributed by atoms with Crippen molar-refractivity contribution in [2.24, 2.45) is 0 Å². The molecule has 130 valence electrons. The van der Waals surface area contributed by atoms with Gasteiger partial charge in [-0.25, -0.2) is 0 Å². The normalized spacial score (nSPS) is 28.1. The monoisotopic (exact) mass is 388 g/mol. The molecule has 3 rings (SSSR count). The molecule has 2 amide bonds. The first kappa shape index (κ1) is 17.8. The summed E-state index contributed by atoms with van der Waals surface area (Å²) in [4.78, 5) is 27.2. The predicted octanol–water partition coefficient (Wildman–Crippen LogP) is 3.37. The van der Waals surface area contributed by atoms with E-state index < -0.39 is 21.2 Å². The molecule has 0 bridgehead atoms. The third-order valence-electron chi connectivity index (χ3n) is 4.85. The number of carbonyl (C=O) groups is 2. The Labute approximate surface area is 156 Å². The molecule has 7 heteroatoms. The average molecular weight is 390 g/mol. The van der Waals surface area contributed by atoms with Gasteiger partial charge in [0.05, 0.1) is 0 Å². The van der Waals surface area contributed by atoms with Gasteiger partial charge in [0.25, 0.3) is 0 Å². The molecule has 4 nitrogen and oxygen atoms in total. The van der Waals surface area contributed by atoms with Crippen LogP contribution < -0.4 is 4.90 Å². The Balaban J connectivity index is 1.75. The summed E-state index contributed by atoms with van der Waals surface area (Å²) in [5.41, 5.74) is 2.03. The first-order valence-electron chi connectivity index (χ1n) is 7.95. The summed E-state index contributed by atoms with van der Waals surface area (Å²) in [5.74, 6) is -0.494. The van der Waals surface area contributed by atoms with Crippen LogP contribution in [0.15, 0.2) is 24.3 Å². The average Bonchev–Trinajstić information content (AvgIpc) is 2.89. The molecular weight excluding hydrogens is 371 g/mol. The molecule has 1 aliphatic heterocycles. The van der Waals surface area contributed by atoms with Gasteiger partial charge in [0.2, 0.25) is 11.8 Å². The summed E-state index contributed by atoms with van der Waals surface area (Å²) in [7, 11) is 1.59. The molecule has 1 aliphatic carbocycles. The highest BCUT2D eigenvalue weighted by Gasteiger charge is 2.72. The van der Waals surface area contributed by atoms with Gasteiger partial charge in [-0.2, -0.15) is 0 Å². The molecule has 0 N–H and O–H groups in total. The summed E-state index contributed by atoms with van der Waals surface area (Å²) < 4.78 is -1.25. The van der Waals surface area contributed by atoms with E-state index in [4.69, 9.17) is 34.8 Å². The lowest BCUT2D eigenvalue weighted by Gasteiger charge is -2.26. The highest BCUT2D eigenvalue weighted by molar-refractivity contribution is 6.62. The Morgan fingerprint density at radius 1 is 1.38 bits per heavy atom. The molecule has 1 aromatic rings. The van der Waals surface area contributed by atoms with Crippen LogP contribution >= 0.6 is 34.8 Å². The maximum Gasteiger partial charge on any atom is 0.249 e. The zero-order valence-corrected chi connectivity index (χ0v) is 15.8. The van der Waals surface area contributed by atoms with Crippen molar-refractivity contribution in [2.75, 3.05) is 18.5 Å². The van der Waals surface area contributed by atoms with Gasteiger partial charge < -0.3 is 9.80 Å². The van der Waals surface area contributed by atoms with Gasteiger partial charge in [0, 0.05) is 25.7 Å². The van der Waals surface area contributed by atoms with Crippen molar-refractivity contribution in [1.82, 2.24) is 4.90 Å². The van der Waals surface area contributed by atoms with E-state index in [-0.39, 0.29) is 12.3 Å². The van der Waals surface area contributed by atoms with Gasteiger partial charge in [0.1, 0.15) is 10.4 Å². The van der Waals surface area contributed by atoms with Crippen molar-refractivity contribution in [3.05, 3.63) is 29.8 Å². The fourth-order valence-corrected chi connectivity index (χ4v) is 4.17. The van der Waals surface area contributed by atoms with Crippen LogP contribution in [0, 0.1) is 0 Å². The molecule has 2 unspecified atom stereocenters. The smallest absolute Gasteiger partial charge is 0.249 e. The van der Waals surface area contributed by atoms with Crippen molar-refractivity contribution >= 4 is 52.3 Å². The third kappa shape index (κ3) is 2.79. The number of nitrogens with zero attached hydrogens (tertiary/aromatic N) is 2. The van der Waals surface area contributed by atoms with E-state index in [1.807, 2.05) is 24.3 Å². The van der Waals surface area contributed by atoms with E-state index in [0.717, 1.165) is 12.1 Å². The second kappa shape index (κ2) is 6.08. The van der Waals surface area contributed by atoms with E-state index in [1.165, 1.54) is 10.5 Å². The topological polar surface area (TPSA) is 40.6 Å². The number of halogens is 3. The number of alkyl halides is 3. The van der Waals surface area contributed by atoms with E-state index in [0.29, 0.717) is 13.0 Å². The molecule has 0 spiro atoms. The highest BCUT2D eigenvalue weighted by Crippen LogP contribution is 2.62. The second-order valence-corrected chi connectivity index (χ2v) is 8.55. The first-order valence-corrected chi connectivity index (χ1v) is 9.09. The Bertz CT molecular complexity index is 694. The Hall–Kier alpha value is -0.970. The van der Waals surface area contributed by atoms with E-state index in [9.17, 15) is 9.59 Å². The molecule has 1 heterocycles. The van der Waals surface area contributed by atoms with E-state index in [2.05, 4.69) is 6.92 Å². The highest BCUT2D eigenvalue weighted by atomic mass is 35.5. The van der Waals surface area contributed by atoms with Crippen molar-refractivity contribution in [2.45, 2.75) is 41.4 Å². The largest absolute Gasteiger partial charge is 0.332 e. The number of likely N-dealkylation sites (N-methyl/N-ethyl adjacent to an activating group) is 1. The SMILES string of the molecule is CCc1cccc(N2CCC(N(C)C(=O)C3(Cl)CC3(Cl)Cl)C2=O)c1. The van der Waals surface area contributed by atoms with Crippen LogP contribution in [-0.2, 0) is 16.0 Å². The Morgan fingerprint density at radius 3 is 2.62 bits per heavy atom. The number of amides is 2. The molecule has 1 saturated heterocycles. The number of hydrogen-bond acceptors (Lipinski definition) is 2. The van der Waals surface area contributed by atoms with Crippen molar-refractivity contribution in [3.63, 3.8) is 0 Å². The summed E-state index contributed by atoms with van der Waals surface area (Å²) in [6.45, 7) is 2.64. The molecule has 24 heavy (non-hydrogen) atoms. The number of aryl methyl sites for hydroxylation is 1. The Kier molecular flexibility index (Phi) is 4.52. The van der Waals surface area contributed by atoms with Crippen LogP contribution in [-0.4, -0.2) is 45.6 Å². The number of carbonyl (C=O) groups excluding carboxylic acids is 2. The molecule has 2 atom stereocenters. The van der Waals surface area contributed by atoms with E-state index in [1.54, 1.807) is 11.9 Å². The third-order valence-corrected chi connectivity index (χ3v) is 6.58. The molecule has 1 aromatic carbocycles. The van der Waals surface area contributed by atoms with Crippen LogP contribution in [0.4, 0.5) is 5.69 Å². The minimum atomic E-state index is -1.32. The number of hydrogen-bond donors (Lipinski definition) is 0. The van der Waals surface area contributed by atoms with Crippen molar-refractivity contribution in [1.29, 1.82) is 0 Å². The standard InChI is InChI=1S/C17H19Cl3N2O2/c1-3-11-5-4-6-12(9-11)22-8-7-13(14(22)23)21(2)15(24)16(18)10-17(16,19)20/h4-6,9,13H,3,7-8,10H2,1-2H3. The predicted molar refractivity (Wildman–Crippen MR) is 97.0 cm³/mol. The van der Waals surface area contributed by atoms with Gasteiger partial charge in [0.15, 0.2) is 4.87 Å². The second-order valence-electron chi connectivity index (χ2n) is 6.42. The van der Waals surface area contributed by atoms with Crippen molar-refractivity contribution in [3.8, 4) is 0 Å². The van der Waals surface area contributed by atoms with Crippen LogP contribution in [0.1, 0.15) is 25.3 Å². The number of benzene rings is 1. The van der Waals surface area contributed by atoms with Crippen LogP contribution in [0.25, 0.3) is 0 Å². The quantitative estimate of drug-likeness (QED) is 0.741. The van der Waals surface area contributed by atoms with Gasteiger partial charge in [-0.3, -0.25) is 9.59 Å². The summed E-state index contributed by atoms with van der Waals surface area (Å²) in [5, 5.41) is 0. The van der Waals surface area contributed by atoms with Crippen LogP contribution in [0.3, 0.4) is 0 Å². The van der Waals surface area contributed by atoms with Crippen LogP contribution in [0.5, 0.6) is 0 Å². The fraction of sp³-hybridized carbons (Fsp3) is 0.529. The lowest BCUT2D eigenvalue weighted by molar-refractivity contribution is -0.137. The minimum absolute atomic E-state index is 0.102. The van der Waals surface area contributed by atoms with Gasteiger partial charge in [-0.15, -0.1) is 11.6 Å². The Morgan fingerprint density at radius 2 is 2.04 bits per heavy atom. The van der Waals surface area contributed by atoms with Gasteiger partial charge >= 0.3 is 0 Å². The summed E-state index contributed by atoms with van der Waals surface area (Å²) in [6.07, 6.45) is 1.65. The maximum atomic E-state index is 12.8. The van der Waals surface area contributed by atoms with Gasteiger partial charge in [-0.05, 0) is 30.5 Å². The fourth-order valence-electron chi connectivity index (χ4n) is 3.14. The maximum absolute atomic E-state index is 12.8. The molecule has 2 fully saturated rings. The van der Waals surface area contributed by atoms with Gasteiger partial charge in [-0.1, -0.05) is 42.3 Å². The zero-order valence-electron chi connectivity index (χ0n) is 13.6. The van der Waals surface area contributed by atoms with E-state index >= 15 is 0 Å². The number of anilines is 1. The molecule has 0 aromatic heterocycles. The zero-order chi connectivity index (χ0) is 17.7. The lowest BCUT2D eigenvalue weighted by atomic mass is 10.1. The molecule has 2 aliphatic rings. The van der Waals surface area contributed by atoms with Crippen LogP contribution in [0.2, 0.25) is 0 Å². The first-order chi connectivity index (χ1) is 11.2. The summed E-state index contributed by atoms with van der Waals surface area (Å²) >= 11 is 18.2. The minimum Gasteiger partial charge on any atom is -0.332 e. The molecular formula is C17H19Cl3N2O2. The number of rotatable bonds is 4.